The minimum atomic E-state index is -3.70. The Labute approximate surface area is 122 Å². The van der Waals surface area contributed by atoms with Crippen LogP contribution in [-0.2, 0) is 10.0 Å². The van der Waals surface area contributed by atoms with Gasteiger partial charge in [-0.1, -0.05) is 17.7 Å². The first kappa shape index (κ1) is 14.4. The van der Waals surface area contributed by atoms with Gasteiger partial charge in [0.05, 0.1) is 22.2 Å². The van der Waals surface area contributed by atoms with Gasteiger partial charge in [-0.05, 0) is 48.9 Å². The summed E-state index contributed by atoms with van der Waals surface area (Å²) in [6.45, 7) is 1.78. The molecule has 0 radical (unpaired) electrons. The molecular weight excluding hydrogens is 296 g/mol. The van der Waals surface area contributed by atoms with E-state index in [2.05, 4.69) is 4.72 Å². The summed E-state index contributed by atoms with van der Waals surface area (Å²) < 4.78 is 26.9. The smallest absolute Gasteiger partial charge is 0.261 e. The van der Waals surface area contributed by atoms with Crippen molar-refractivity contribution in [1.82, 2.24) is 0 Å². The molecule has 4 nitrogen and oxygen atoms in total. The van der Waals surface area contributed by atoms with Gasteiger partial charge in [-0.15, -0.1) is 0 Å². The maximum absolute atomic E-state index is 12.2. The molecule has 0 heterocycles. The SMILES string of the molecule is Cc1ccc(Cl)cc1NS(=O)(=O)c1ccc(C#N)cc1. The molecule has 0 unspecified atom stereocenters. The van der Waals surface area contributed by atoms with Crippen molar-refractivity contribution in [3.8, 4) is 6.07 Å². The fourth-order valence-corrected chi connectivity index (χ4v) is 2.91. The van der Waals surface area contributed by atoms with Crippen LogP contribution in [0.4, 0.5) is 5.69 Å². The first-order chi connectivity index (χ1) is 9.42. The molecule has 0 saturated heterocycles. The number of anilines is 1. The highest BCUT2D eigenvalue weighted by Crippen LogP contribution is 2.23. The summed E-state index contributed by atoms with van der Waals surface area (Å²) in [6.07, 6.45) is 0. The molecule has 0 bridgehead atoms. The van der Waals surface area contributed by atoms with Gasteiger partial charge in [0, 0.05) is 5.02 Å². The Morgan fingerprint density at radius 2 is 1.80 bits per heavy atom. The quantitative estimate of drug-likeness (QED) is 0.945. The Morgan fingerprint density at radius 3 is 2.40 bits per heavy atom. The highest BCUT2D eigenvalue weighted by Gasteiger charge is 2.15. The van der Waals surface area contributed by atoms with Crippen molar-refractivity contribution < 1.29 is 8.42 Å². The van der Waals surface area contributed by atoms with E-state index in [1.807, 2.05) is 6.07 Å². The van der Waals surface area contributed by atoms with E-state index in [4.69, 9.17) is 16.9 Å². The predicted molar refractivity (Wildman–Crippen MR) is 78.2 cm³/mol. The molecule has 0 aliphatic rings. The first-order valence-corrected chi connectivity index (χ1v) is 7.57. The van der Waals surface area contributed by atoms with Gasteiger partial charge in [0.2, 0.25) is 0 Å². The van der Waals surface area contributed by atoms with Crippen molar-refractivity contribution in [2.45, 2.75) is 11.8 Å². The zero-order valence-corrected chi connectivity index (χ0v) is 12.2. The fourth-order valence-electron chi connectivity index (χ4n) is 1.62. The number of halogens is 1. The van der Waals surface area contributed by atoms with Gasteiger partial charge >= 0.3 is 0 Å². The topological polar surface area (TPSA) is 70.0 Å². The van der Waals surface area contributed by atoms with Crippen LogP contribution in [0.1, 0.15) is 11.1 Å². The molecule has 0 aliphatic carbocycles. The zero-order chi connectivity index (χ0) is 14.8. The second-order valence-corrected chi connectivity index (χ2v) is 6.32. The molecule has 6 heteroatoms. The van der Waals surface area contributed by atoms with Gasteiger partial charge < -0.3 is 0 Å². The lowest BCUT2D eigenvalue weighted by atomic mass is 10.2. The van der Waals surface area contributed by atoms with Gasteiger partial charge in [0.25, 0.3) is 10.0 Å². The highest BCUT2D eigenvalue weighted by molar-refractivity contribution is 7.92. The molecule has 2 aromatic rings. The van der Waals surface area contributed by atoms with Crippen molar-refractivity contribution in [2.24, 2.45) is 0 Å². The molecule has 2 aromatic carbocycles. The summed E-state index contributed by atoms with van der Waals surface area (Å²) in [5.41, 5.74) is 1.61. The van der Waals surface area contributed by atoms with Crippen LogP contribution >= 0.6 is 11.6 Å². The van der Waals surface area contributed by atoms with Gasteiger partial charge in [-0.2, -0.15) is 5.26 Å². The van der Waals surface area contributed by atoms with E-state index < -0.39 is 10.0 Å². The van der Waals surface area contributed by atoms with Crippen LogP contribution < -0.4 is 4.72 Å². The van der Waals surface area contributed by atoms with Crippen LogP contribution in [0.3, 0.4) is 0 Å². The van der Waals surface area contributed by atoms with Crippen LogP contribution in [-0.4, -0.2) is 8.42 Å². The van der Waals surface area contributed by atoms with E-state index in [-0.39, 0.29) is 4.90 Å². The second-order valence-electron chi connectivity index (χ2n) is 4.20. The lowest BCUT2D eigenvalue weighted by Crippen LogP contribution is -2.13. The molecule has 0 aromatic heterocycles. The molecule has 1 N–H and O–H groups in total. The third-order valence-corrected chi connectivity index (χ3v) is 4.35. The lowest BCUT2D eigenvalue weighted by molar-refractivity contribution is 0.601. The average molecular weight is 307 g/mol. The van der Waals surface area contributed by atoms with Crippen LogP contribution in [0.2, 0.25) is 5.02 Å². The van der Waals surface area contributed by atoms with Gasteiger partial charge in [0.1, 0.15) is 0 Å². The molecule has 0 spiro atoms. The number of nitrogens with zero attached hydrogens (tertiary/aromatic N) is 1. The third-order valence-electron chi connectivity index (χ3n) is 2.74. The molecule has 0 atom stereocenters. The van der Waals surface area contributed by atoms with Crippen molar-refractivity contribution in [3.63, 3.8) is 0 Å². The molecule has 0 amide bonds. The Morgan fingerprint density at radius 1 is 1.15 bits per heavy atom. The summed E-state index contributed by atoms with van der Waals surface area (Å²) >= 11 is 5.86. The van der Waals surface area contributed by atoms with Gasteiger partial charge in [-0.3, -0.25) is 4.72 Å². The molecule has 0 saturated carbocycles. The standard InChI is InChI=1S/C14H11ClN2O2S/c1-10-2-5-12(15)8-14(10)17-20(18,19)13-6-3-11(9-16)4-7-13/h2-8,17H,1H3. The van der Waals surface area contributed by atoms with E-state index in [0.29, 0.717) is 16.3 Å². The van der Waals surface area contributed by atoms with Gasteiger partial charge in [0.15, 0.2) is 0 Å². The van der Waals surface area contributed by atoms with Crippen molar-refractivity contribution in [3.05, 3.63) is 58.6 Å². The van der Waals surface area contributed by atoms with Gasteiger partial charge in [-0.25, -0.2) is 8.42 Å². The number of rotatable bonds is 3. The van der Waals surface area contributed by atoms with E-state index in [1.165, 1.54) is 24.3 Å². The number of nitrogens with one attached hydrogen (secondary N) is 1. The summed E-state index contributed by atoms with van der Waals surface area (Å²) in [5, 5.41) is 9.16. The van der Waals surface area contributed by atoms with E-state index in [0.717, 1.165) is 5.56 Å². The van der Waals surface area contributed by atoms with Crippen LogP contribution in [0.5, 0.6) is 0 Å². The minimum absolute atomic E-state index is 0.0934. The number of hydrogen-bond acceptors (Lipinski definition) is 3. The van der Waals surface area contributed by atoms with E-state index in [9.17, 15) is 8.42 Å². The van der Waals surface area contributed by atoms with Crippen LogP contribution in [0.15, 0.2) is 47.4 Å². The van der Waals surface area contributed by atoms with E-state index >= 15 is 0 Å². The number of nitriles is 1. The number of sulfonamides is 1. The van der Waals surface area contributed by atoms with Crippen molar-refractivity contribution in [2.75, 3.05) is 4.72 Å². The van der Waals surface area contributed by atoms with Crippen LogP contribution in [0.25, 0.3) is 0 Å². The monoisotopic (exact) mass is 306 g/mol. The summed E-state index contributed by atoms with van der Waals surface area (Å²) in [5.74, 6) is 0. The van der Waals surface area contributed by atoms with Crippen molar-refractivity contribution >= 4 is 27.3 Å². The maximum atomic E-state index is 12.2. The normalized spacial score (nSPS) is 10.8. The predicted octanol–water partition coefficient (Wildman–Crippen LogP) is 3.32. The summed E-state index contributed by atoms with van der Waals surface area (Å²) in [4.78, 5) is 0.0934. The molecule has 2 rings (SSSR count). The van der Waals surface area contributed by atoms with Crippen LogP contribution in [0, 0.1) is 18.3 Å². The Kier molecular flexibility index (Phi) is 3.98. The van der Waals surface area contributed by atoms with E-state index in [1.54, 1.807) is 25.1 Å². The Hall–Kier alpha value is -2.03. The zero-order valence-electron chi connectivity index (χ0n) is 10.6. The third kappa shape index (κ3) is 3.10. The Bertz CT molecular complexity index is 778. The molecule has 0 aliphatic heterocycles. The first-order valence-electron chi connectivity index (χ1n) is 5.71. The Balaban J connectivity index is 2.35. The summed E-state index contributed by atoms with van der Waals surface area (Å²) in [6, 6.07) is 12.6. The second kappa shape index (κ2) is 5.53. The molecule has 102 valence electrons. The molecule has 0 fully saturated rings. The lowest BCUT2D eigenvalue weighted by Gasteiger charge is -2.11. The minimum Gasteiger partial charge on any atom is -0.279 e. The number of aryl methyl sites for hydroxylation is 1. The largest absolute Gasteiger partial charge is 0.279 e. The van der Waals surface area contributed by atoms with Crippen molar-refractivity contribution in [1.29, 1.82) is 5.26 Å². The number of hydrogen-bond donors (Lipinski definition) is 1. The summed E-state index contributed by atoms with van der Waals surface area (Å²) in [7, 11) is -3.70. The molecular formula is C14H11ClN2O2S. The number of benzene rings is 2. The highest BCUT2D eigenvalue weighted by atomic mass is 35.5. The maximum Gasteiger partial charge on any atom is 0.261 e. The molecule has 20 heavy (non-hydrogen) atoms. The fraction of sp³-hybridized carbons (Fsp3) is 0.0714. The average Bonchev–Trinajstić information content (AvgIpc) is 2.43.